The number of aryl methyl sites for hydroxylation is 1. The first-order valence-electron chi connectivity index (χ1n) is 9.14. The Kier molecular flexibility index (Phi) is 5.37. The summed E-state index contributed by atoms with van der Waals surface area (Å²) >= 11 is 3.32. The van der Waals surface area contributed by atoms with Gasteiger partial charge in [-0.1, -0.05) is 49.9 Å². The standard InChI is InChI=1S/C21H22N4OS2/c1-13(2)15-5-7-16(8-6-15)20-22-17(11-27-20)12-28-21-24-23-19(25(21)4)18-9-10-26-14(18)3/h5-11,13H,12H2,1-4H3. The third-order valence-electron chi connectivity index (χ3n) is 4.66. The molecule has 5 nitrogen and oxygen atoms in total. The van der Waals surface area contributed by atoms with Crippen molar-refractivity contribution in [3.8, 4) is 22.0 Å². The van der Waals surface area contributed by atoms with Crippen molar-refractivity contribution >= 4 is 23.1 Å². The number of rotatable bonds is 6. The summed E-state index contributed by atoms with van der Waals surface area (Å²) < 4.78 is 7.38. The summed E-state index contributed by atoms with van der Waals surface area (Å²) in [6, 6.07) is 10.6. The summed E-state index contributed by atoms with van der Waals surface area (Å²) in [5, 5.41) is 12.7. The van der Waals surface area contributed by atoms with E-state index in [-0.39, 0.29) is 0 Å². The van der Waals surface area contributed by atoms with E-state index in [0.29, 0.717) is 5.92 Å². The van der Waals surface area contributed by atoms with E-state index in [4.69, 9.17) is 9.40 Å². The average molecular weight is 411 g/mol. The van der Waals surface area contributed by atoms with Crippen molar-refractivity contribution in [2.75, 3.05) is 0 Å². The van der Waals surface area contributed by atoms with Crippen molar-refractivity contribution in [2.45, 2.75) is 37.6 Å². The van der Waals surface area contributed by atoms with E-state index >= 15 is 0 Å². The Hall–Kier alpha value is -2.38. The van der Waals surface area contributed by atoms with Gasteiger partial charge in [-0.25, -0.2) is 4.98 Å². The largest absolute Gasteiger partial charge is 0.469 e. The van der Waals surface area contributed by atoms with Crippen LogP contribution in [0.3, 0.4) is 0 Å². The molecule has 0 unspecified atom stereocenters. The van der Waals surface area contributed by atoms with Crippen molar-refractivity contribution in [1.82, 2.24) is 19.7 Å². The quantitative estimate of drug-likeness (QED) is 0.369. The zero-order chi connectivity index (χ0) is 19.7. The molecule has 28 heavy (non-hydrogen) atoms. The van der Waals surface area contributed by atoms with Crippen molar-refractivity contribution in [3.63, 3.8) is 0 Å². The molecule has 7 heteroatoms. The number of hydrogen-bond acceptors (Lipinski definition) is 6. The molecule has 0 fully saturated rings. The molecule has 0 saturated carbocycles. The normalized spacial score (nSPS) is 11.5. The van der Waals surface area contributed by atoms with Crippen molar-refractivity contribution in [2.24, 2.45) is 7.05 Å². The van der Waals surface area contributed by atoms with Crippen molar-refractivity contribution < 1.29 is 4.42 Å². The van der Waals surface area contributed by atoms with Crippen LogP contribution in [0.25, 0.3) is 22.0 Å². The topological polar surface area (TPSA) is 56.7 Å². The van der Waals surface area contributed by atoms with Crippen LogP contribution < -0.4 is 0 Å². The molecular weight excluding hydrogens is 388 g/mol. The summed E-state index contributed by atoms with van der Waals surface area (Å²) in [6.07, 6.45) is 1.68. The van der Waals surface area contributed by atoms with Gasteiger partial charge < -0.3 is 8.98 Å². The summed E-state index contributed by atoms with van der Waals surface area (Å²) in [6.45, 7) is 6.35. The summed E-state index contributed by atoms with van der Waals surface area (Å²) in [4.78, 5) is 4.80. The van der Waals surface area contributed by atoms with Crippen molar-refractivity contribution in [3.05, 3.63) is 59.0 Å². The molecule has 4 rings (SSSR count). The zero-order valence-electron chi connectivity index (χ0n) is 16.3. The lowest BCUT2D eigenvalue weighted by Gasteiger charge is -2.05. The maximum Gasteiger partial charge on any atom is 0.191 e. The molecule has 0 atom stereocenters. The van der Waals surface area contributed by atoms with E-state index in [1.165, 1.54) is 11.1 Å². The highest BCUT2D eigenvalue weighted by Crippen LogP contribution is 2.30. The molecule has 0 amide bonds. The van der Waals surface area contributed by atoms with Gasteiger partial charge in [0.2, 0.25) is 0 Å². The predicted octanol–water partition coefficient (Wildman–Crippen LogP) is 5.92. The number of aromatic nitrogens is 4. The smallest absolute Gasteiger partial charge is 0.191 e. The fraction of sp³-hybridized carbons (Fsp3) is 0.286. The summed E-state index contributed by atoms with van der Waals surface area (Å²) in [7, 11) is 1.98. The Morgan fingerprint density at radius 3 is 2.61 bits per heavy atom. The van der Waals surface area contributed by atoms with E-state index in [1.807, 2.05) is 24.6 Å². The lowest BCUT2D eigenvalue weighted by Crippen LogP contribution is -1.95. The molecule has 0 radical (unpaired) electrons. The Balaban J connectivity index is 1.45. The van der Waals surface area contributed by atoms with Crippen LogP contribution in [0, 0.1) is 6.92 Å². The molecule has 0 aliphatic rings. The van der Waals surface area contributed by atoms with Crippen LogP contribution in [0.5, 0.6) is 0 Å². The highest BCUT2D eigenvalue weighted by molar-refractivity contribution is 7.98. The molecule has 4 aromatic rings. The minimum absolute atomic E-state index is 0.541. The second-order valence-electron chi connectivity index (χ2n) is 6.97. The van der Waals surface area contributed by atoms with Crippen LogP contribution in [0.4, 0.5) is 0 Å². The average Bonchev–Trinajstić information content (AvgIpc) is 3.41. The third-order valence-corrected chi connectivity index (χ3v) is 6.65. The first-order valence-corrected chi connectivity index (χ1v) is 11.0. The van der Waals surface area contributed by atoms with Crippen molar-refractivity contribution in [1.29, 1.82) is 0 Å². The molecule has 144 valence electrons. The van der Waals surface area contributed by atoms with Gasteiger partial charge in [0.05, 0.1) is 17.5 Å². The molecule has 0 N–H and O–H groups in total. The van der Waals surface area contributed by atoms with Gasteiger partial charge in [-0.2, -0.15) is 0 Å². The summed E-state index contributed by atoms with van der Waals surface area (Å²) in [5.74, 6) is 2.97. The predicted molar refractivity (Wildman–Crippen MR) is 115 cm³/mol. The first-order chi connectivity index (χ1) is 13.5. The molecule has 3 aromatic heterocycles. The minimum Gasteiger partial charge on any atom is -0.469 e. The fourth-order valence-electron chi connectivity index (χ4n) is 2.95. The van der Waals surface area contributed by atoms with Crippen LogP contribution >= 0.6 is 23.1 Å². The molecule has 0 saturated heterocycles. The van der Waals surface area contributed by atoms with E-state index in [0.717, 1.165) is 38.8 Å². The van der Waals surface area contributed by atoms with Gasteiger partial charge >= 0.3 is 0 Å². The van der Waals surface area contributed by atoms with E-state index in [1.54, 1.807) is 29.4 Å². The van der Waals surface area contributed by atoms with Gasteiger partial charge in [0.1, 0.15) is 10.8 Å². The fourth-order valence-corrected chi connectivity index (χ4v) is 4.68. The second-order valence-corrected chi connectivity index (χ2v) is 8.77. The number of thiazole rings is 1. The van der Waals surface area contributed by atoms with E-state index in [2.05, 4.69) is 53.7 Å². The number of thioether (sulfide) groups is 1. The molecule has 0 bridgehead atoms. The Morgan fingerprint density at radius 1 is 1.14 bits per heavy atom. The monoisotopic (exact) mass is 410 g/mol. The van der Waals surface area contributed by atoms with Crippen LogP contribution in [0.15, 0.2) is 51.5 Å². The number of benzene rings is 1. The van der Waals surface area contributed by atoms with Gasteiger partial charge in [-0.05, 0) is 24.5 Å². The minimum atomic E-state index is 0.541. The third kappa shape index (κ3) is 3.77. The van der Waals surface area contributed by atoms with Crippen LogP contribution in [-0.2, 0) is 12.8 Å². The lowest BCUT2D eigenvalue weighted by atomic mass is 10.0. The maximum absolute atomic E-state index is 5.38. The molecule has 0 aliphatic heterocycles. The van der Waals surface area contributed by atoms with Gasteiger partial charge in [-0.3, -0.25) is 0 Å². The SMILES string of the molecule is Cc1occc1-c1nnc(SCc2csc(-c3ccc(C(C)C)cc3)n2)n1C. The second kappa shape index (κ2) is 7.93. The molecule has 3 heterocycles. The van der Waals surface area contributed by atoms with E-state index in [9.17, 15) is 0 Å². The highest BCUT2D eigenvalue weighted by atomic mass is 32.2. The van der Waals surface area contributed by atoms with Gasteiger partial charge in [-0.15, -0.1) is 21.5 Å². The van der Waals surface area contributed by atoms with Crippen LogP contribution in [0.2, 0.25) is 0 Å². The number of furan rings is 1. The Bertz CT molecular complexity index is 1080. The molecular formula is C21H22N4OS2. The Labute approximate surface area is 172 Å². The Morgan fingerprint density at radius 2 is 1.93 bits per heavy atom. The first kappa shape index (κ1) is 19.0. The van der Waals surface area contributed by atoms with Gasteiger partial charge in [0.15, 0.2) is 11.0 Å². The maximum atomic E-state index is 5.38. The molecule has 1 aromatic carbocycles. The number of nitrogens with zero attached hydrogens (tertiary/aromatic N) is 4. The zero-order valence-corrected chi connectivity index (χ0v) is 18.0. The lowest BCUT2D eigenvalue weighted by molar-refractivity contribution is 0.534. The highest BCUT2D eigenvalue weighted by Gasteiger charge is 2.15. The van der Waals surface area contributed by atoms with Crippen LogP contribution in [-0.4, -0.2) is 19.7 Å². The van der Waals surface area contributed by atoms with Gasteiger partial charge in [0, 0.05) is 23.7 Å². The summed E-state index contributed by atoms with van der Waals surface area (Å²) in [5.41, 5.74) is 4.55. The van der Waals surface area contributed by atoms with Crippen LogP contribution in [0.1, 0.15) is 36.8 Å². The van der Waals surface area contributed by atoms with Gasteiger partial charge in [0.25, 0.3) is 0 Å². The molecule has 0 spiro atoms. The van der Waals surface area contributed by atoms with E-state index < -0.39 is 0 Å². The molecule has 0 aliphatic carbocycles. The number of hydrogen-bond donors (Lipinski definition) is 0.